The van der Waals surface area contributed by atoms with Crippen molar-refractivity contribution in [1.82, 2.24) is 5.32 Å². The molecule has 1 aromatic carbocycles. The molecule has 118 valence electrons. The molecule has 0 heterocycles. The molecule has 0 atom stereocenters. The summed E-state index contributed by atoms with van der Waals surface area (Å²) in [4.78, 5) is 12.5. The van der Waals surface area contributed by atoms with Crippen molar-refractivity contribution in [1.29, 1.82) is 0 Å². The molecule has 0 aliphatic heterocycles. The second-order valence-corrected chi connectivity index (χ2v) is 5.04. The van der Waals surface area contributed by atoms with Crippen molar-refractivity contribution < 1.29 is 14.3 Å². The number of nitrogens with zero attached hydrogens (tertiary/aromatic N) is 1. The SMILES string of the molecule is CCCCN(CC)c1cc(CNCCC(=O)O)ccc1F. The van der Waals surface area contributed by atoms with Gasteiger partial charge in [0.1, 0.15) is 5.82 Å². The zero-order chi connectivity index (χ0) is 15.7. The number of carboxylic acid groups (broad SMARTS) is 1. The highest BCUT2D eigenvalue weighted by Gasteiger charge is 2.10. The number of carboxylic acids is 1. The van der Waals surface area contributed by atoms with E-state index in [1.807, 2.05) is 17.9 Å². The Balaban J connectivity index is 2.67. The van der Waals surface area contributed by atoms with E-state index in [0.717, 1.165) is 31.5 Å². The van der Waals surface area contributed by atoms with E-state index < -0.39 is 5.97 Å². The summed E-state index contributed by atoms with van der Waals surface area (Å²) >= 11 is 0. The molecule has 0 amide bonds. The molecule has 5 heteroatoms. The Labute approximate surface area is 126 Å². The highest BCUT2D eigenvalue weighted by molar-refractivity contribution is 5.66. The maximum atomic E-state index is 14.0. The Morgan fingerprint density at radius 1 is 1.38 bits per heavy atom. The van der Waals surface area contributed by atoms with Crippen molar-refractivity contribution in [2.75, 3.05) is 24.5 Å². The van der Waals surface area contributed by atoms with Crippen molar-refractivity contribution >= 4 is 11.7 Å². The van der Waals surface area contributed by atoms with Crippen molar-refractivity contribution in [2.24, 2.45) is 0 Å². The molecule has 0 aliphatic rings. The maximum absolute atomic E-state index is 14.0. The van der Waals surface area contributed by atoms with Crippen LogP contribution in [-0.4, -0.2) is 30.7 Å². The summed E-state index contributed by atoms with van der Waals surface area (Å²) in [6.45, 7) is 6.72. The van der Waals surface area contributed by atoms with Crippen LogP contribution in [0.5, 0.6) is 0 Å². The minimum Gasteiger partial charge on any atom is -0.481 e. The average Bonchev–Trinajstić information content (AvgIpc) is 2.46. The number of anilines is 1. The second-order valence-electron chi connectivity index (χ2n) is 5.04. The molecule has 0 aliphatic carbocycles. The lowest BCUT2D eigenvalue weighted by molar-refractivity contribution is -0.136. The number of rotatable bonds is 10. The predicted molar refractivity (Wildman–Crippen MR) is 83.2 cm³/mol. The normalized spacial score (nSPS) is 10.6. The van der Waals surface area contributed by atoms with Gasteiger partial charge in [0, 0.05) is 26.2 Å². The van der Waals surface area contributed by atoms with Crippen molar-refractivity contribution in [3.8, 4) is 0 Å². The molecule has 1 rings (SSSR count). The average molecular weight is 296 g/mol. The summed E-state index contributed by atoms with van der Waals surface area (Å²) in [5.41, 5.74) is 1.59. The van der Waals surface area contributed by atoms with Gasteiger partial charge in [0.05, 0.1) is 12.1 Å². The molecule has 0 saturated heterocycles. The van der Waals surface area contributed by atoms with Gasteiger partial charge in [-0.3, -0.25) is 4.79 Å². The molecule has 1 aromatic rings. The first kappa shape index (κ1) is 17.4. The summed E-state index contributed by atoms with van der Waals surface area (Å²) in [6, 6.07) is 5.07. The van der Waals surface area contributed by atoms with Gasteiger partial charge in [-0.1, -0.05) is 19.4 Å². The number of aliphatic carboxylic acids is 1. The van der Waals surface area contributed by atoms with Gasteiger partial charge in [0.15, 0.2) is 0 Å². The van der Waals surface area contributed by atoms with Crippen LogP contribution < -0.4 is 10.2 Å². The molecule has 0 radical (unpaired) electrons. The highest BCUT2D eigenvalue weighted by atomic mass is 19.1. The standard InChI is InChI=1S/C16H25FN2O2/c1-3-5-10-19(4-2)15-11-13(6-7-14(15)17)12-18-9-8-16(20)21/h6-7,11,18H,3-5,8-10,12H2,1-2H3,(H,20,21). The molecule has 21 heavy (non-hydrogen) atoms. The van der Waals surface area contributed by atoms with Crippen LogP contribution in [0.15, 0.2) is 18.2 Å². The van der Waals surface area contributed by atoms with Crippen LogP contribution in [0.4, 0.5) is 10.1 Å². The topological polar surface area (TPSA) is 52.6 Å². The smallest absolute Gasteiger partial charge is 0.304 e. The third-order valence-electron chi connectivity index (χ3n) is 3.36. The quantitative estimate of drug-likeness (QED) is 0.652. The van der Waals surface area contributed by atoms with Crippen LogP contribution in [0.1, 0.15) is 38.7 Å². The Kier molecular flexibility index (Phi) is 7.75. The summed E-state index contributed by atoms with van der Waals surface area (Å²) < 4.78 is 14.0. The second kappa shape index (κ2) is 9.34. The summed E-state index contributed by atoms with van der Waals surface area (Å²) in [7, 11) is 0. The molecule has 4 nitrogen and oxygen atoms in total. The summed E-state index contributed by atoms with van der Waals surface area (Å²) in [5, 5.41) is 11.6. The van der Waals surface area contributed by atoms with E-state index >= 15 is 0 Å². The molecule has 0 saturated carbocycles. The minimum absolute atomic E-state index is 0.0889. The van der Waals surface area contributed by atoms with Gasteiger partial charge in [0.25, 0.3) is 0 Å². The molecule has 0 spiro atoms. The fraction of sp³-hybridized carbons (Fsp3) is 0.562. The van der Waals surface area contributed by atoms with Gasteiger partial charge < -0.3 is 15.3 Å². The van der Waals surface area contributed by atoms with Crippen LogP contribution in [0.3, 0.4) is 0 Å². The Hall–Kier alpha value is -1.62. The van der Waals surface area contributed by atoms with Gasteiger partial charge in [-0.25, -0.2) is 4.39 Å². The number of hydrogen-bond acceptors (Lipinski definition) is 3. The van der Waals surface area contributed by atoms with E-state index in [-0.39, 0.29) is 12.2 Å². The fourth-order valence-corrected chi connectivity index (χ4v) is 2.14. The third kappa shape index (κ3) is 6.12. The first-order chi connectivity index (χ1) is 10.1. The Morgan fingerprint density at radius 3 is 2.76 bits per heavy atom. The number of halogens is 1. The molecular formula is C16H25FN2O2. The van der Waals surface area contributed by atoms with E-state index in [2.05, 4.69) is 12.2 Å². The van der Waals surface area contributed by atoms with E-state index in [1.54, 1.807) is 6.07 Å². The number of carbonyl (C=O) groups is 1. The zero-order valence-electron chi connectivity index (χ0n) is 12.9. The number of hydrogen-bond donors (Lipinski definition) is 2. The predicted octanol–water partition coefficient (Wildman–Crippen LogP) is 3.02. The lowest BCUT2D eigenvalue weighted by atomic mass is 10.1. The van der Waals surface area contributed by atoms with E-state index in [9.17, 15) is 9.18 Å². The van der Waals surface area contributed by atoms with Crippen molar-refractivity contribution in [3.63, 3.8) is 0 Å². The molecule has 0 fully saturated rings. The molecule has 0 bridgehead atoms. The molecular weight excluding hydrogens is 271 g/mol. The number of benzene rings is 1. The summed E-state index contributed by atoms with van der Waals surface area (Å²) in [6.07, 6.45) is 2.20. The summed E-state index contributed by atoms with van der Waals surface area (Å²) in [5.74, 6) is -1.03. The maximum Gasteiger partial charge on any atom is 0.304 e. The van der Waals surface area contributed by atoms with E-state index in [0.29, 0.717) is 18.8 Å². The van der Waals surface area contributed by atoms with E-state index in [1.165, 1.54) is 6.07 Å². The van der Waals surface area contributed by atoms with Crippen LogP contribution in [0.25, 0.3) is 0 Å². The van der Waals surface area contributed by atoms with Crippen LogP contribution in [0, 0.1) is 5.82 Å². The van der Waals surface area contributed by atoms with Crippen LogP contribution in [0.2, 0.25) is 0 Å². The first-order valence-electron chi connectivity index (χ1n) is 7.54. The number of nitrogens with one attached hydrogen (secondary N) is 1. The lowest BCUT2D eigenvalue weighted by Gasteiger charge is -2.24. The number of unbranched alkanes of at least 4 members (excludes halogenated alkanes) is 1. The Bertz CT molecular complexity index is 452. The van der Waals surface area contributed by atoms with Crippen LogP contribution >= 0.6 is 0 Å². The molecule has 0 unspecified atom stereocenters. The highest BCUT2D eigenvalue weighted by Crippen LogP contribution is 2.21. The van der Waals surface area contributed by atoms with Crippen molar-refractivity contribution in [3.05, 3.63) is 29.6 Å². The Morgan fingerprint density at radius 2 is 2.14 bits per heavy atom. The minimum atomic E-state index is -0.820. The van der Waals surface area contributed by atoms with Crippen molar-refractivity contribution in [2.45, 2.75) is 39.7 Å². The fourth-order valence-electron chi connectivity index (χ4n) is 2.14. The monoisotopic (exact) mass is 296 g/mol. The van der Waals surface area contributed by atoms with Gasteiger partial charge in [-0.05, 0) is 31.0 Å². The van der Waals surface area contributed by atoms with Gasteiger partial charge in [0.2, 0.25) is 0 Å². The van der Waals surface area contributed by atoms with Crippen LogP contribution in [-0.2, 0) is 11.3 Å². The first-order valence-corrected chi connectivity index (χ1v) is 7.54. The largest absolute Gasteiger partial charge is 0.481 e. The van der Waals surface area contributed by atoms with Gasteiger partial charge in [-0.15, -0.1) is 0 Å². The zero-order valence-corrected chi connectivity index (χ0v) is 12.9. The van der Waals surface area contributed by atoms with Gasteiger partial charge in [-0.2, -0.15) is 0 Å². The third-order valence-corrected chi connectivity index (χ3v) is 3.36. The van der Waals surface area contributed by atoms with Gasteiger partial charge >= 0.3 is 5.97 Å². The van der Waals surface area contributed by atoms with E-state index in [4.69, 9.17) is 5.11 Å². The lowest BCUT2D eigenvalue weighted by Crippen LogP contribution is -2.25. The molecule has 0 aromatic heterocycles. The molecule has 2 N–H and O–H groups in total.